The highest BCUT2D eigenvalue weighted by Crippen LogP contribution is 2.09. The second-order valence-corrected chi connectivity index (χ2v) is 3.60. The fourth-order valence-electron chi connectivity index (χ4n) is 1.55. The average Bonchev–Trinajstić information content (AvgIpc) is 2.38. The van der Waals surface area contributed by atoms with E-state index in [0.717, 1.165) is 24.1 Å². The first-order valence-electron chi connectivity index (χ1n) is 5.65. The molecule has 1 aromatic carbocycles. The molecule has 0 heterocycles. The van der Waals surface area contributed by atoms with Gasteiger partial charge in [-0.3, -0.25) is 0 Å². The summed E-state index contributed by atoms with van der Waals surface area (Å²) >= 11 is 0. The lowest BCUT2D eigenvalue weighted by atomic mass is 10.0. The maximum Gasteiger partial charge on any atom is 0.337 e. The highest BCUT2D eigenvalue weighted by atomic mass is 16.5. The summed E-state index contributed by atoms with van der Waals surface area (Å²) in [5.74, 6) is -0.320. The van der Waals surface area contributed by atoms with Crippen molar-refractivity contribution in [2.45, 2.75) is 19.8 Å². The van der Waals surface area contributed by atoms with Crippen molar-refractivity contribution in [3.8, 4) is 0 Å². The topological polar surface area (TPSA) is 50.7 Å². The molecular weight excluding hydrogens is 216 g/mol. The minimum absolute atomic E-state index is 0.320. The van der Waals surface area contributed by atoms with Crippen molar-refractivity contribution < 1.29 is 9.53 Å². The molecule has 0 aromatic heterocycles. The number of hydrazone groups is 1. The van der Waals surface area contributed by atoms with E-state index in [-0.39, 0.29) is 5.97 Å². The van der Waals surface area contributed by atoms with Crippen molar-refractivity contribution in [1.82, 2.24) is 5.43 Å². The molecule has 92 valence electrons. The molecule has 0 bridgehead atoms. The van der Waals surface area contributed by atoms with E-state index in [2.05, 4.69) is 22.2 Å². The number of methoxy groups -OCH3 is 1. The third-order valence-corrected chi connectivity index (χ3v) is 2.37. The van der Waals surface area contributed by atoms with Gasteiger partial charge in [-0.05, 0) is 24.1 Å². The Kier molecular flexibility index (Phi) is 5.20. The summed E-state index contributed by atoms with van der Waals surface area (Å²) in [6.45, 7) is 2.11. The number of rotatable bonds is 5. The predicted molar refractivity (Wildman–Crippen MR) is 68.3 cm³/mol. The third kappa shape index (κ3) is 3.59. The molecule has 0 atom stereocenters. The molecule has 0 saturated carbocycles. The second-order valence-electron chi connectivity index (χ2n) is 3.60. The molecule has 0 aliphatic carbocycles. The van der Waals surface area contributed by atoms with E-state index in [9.17, 15) is 4.79 Å². The fraction of sp³-hybridized carbons (Fsp3) is 0.385. The first-order chi connectivity index (χ1) is 8.22. The number of hydrogen-bond donors (Lipinski definition) is 1. The number of ether oxygens (including phenoxy) is 1. The summed E-state index contributed by atoms with van der Waals surface area (Å²) in [6, 6.07) is 7.28. The van der Waals surface area contributed by atoms with Gasteiger partial charge < -0.3 is 10.2 Å². The van der Waals surface area contributed by atoms with E-state index in [1.165, 1.54) is 7.11 Å². The van der Waals surface area contributed by atoms with Gasteiger partial charge in [0.25, 0.3) is 0 Å². The van der Waals surface area contributed by atoms with Crippen molar-refractivity contribution in [1.29, 1.82) is 0 Å². The van der Waals surface area contributed by atoms with Crippen LogP contribution in [-0.4, -0.2) is 25.8 Å². The summed E-state index contributed by atoms with van der Waals surface area (Å²) in [6.07, 6.45) is 1.93. The summed E-state index contributed by atoms with van der Waals surface area (Å²) in [7, 11) is 3.15. The number of esters is 1. The van der Waals surface area contributed by atoms with Crippen molar-refractivity contribution in [2.24, 2.45) is 5.10 Å². The predicted octanol–water partition coefficient (Wildman–Crippen LogP) is 2.20. The molecule has 0 fully saturated rings. The van der Waals surface area contributed by atoms with Crippen LogP contribution in [0.4, 0.5) is 0 Å². The van der Waals surface area contributed by atoms with Gasteiger partial charge in [0.1, 0.15) is 0 Å². The summed E-state index contributed by atoms with van der Waals surface area (Å²) in [5, 5.41) is 4.23. The van der Waals surface area contributed by atoms with Crippen LogP contribution in [0.15, 0.2) is 29.4 Å². The Labute approximate surface area is 102 Å². The van der Waals surface area contributed by atoms with E-state index >= 15 is 0 Å². The van der Waals surface area contributed by atoms with Gasteiger partial charge in [0.2, 0.25) is 0 Å². The zero-order valence-corrected chi connectivity index (χ0v) is 10.5. The smallest absolute Gasteiger partial charge is 0.337 e. The van der Waals surface area contributed by atoms with Crippen LogP contribution >= 0.6 is 0 Å². The van der Waals surface area contributed by atoms with Crippen LogP contribution in [0.3, 0.4) is 0 Å². The van der Waals surface area contributed by atoms with Crippen LogP contribution in [0.25, 0.3) is 0 Å². The summed E-state index contributed by atoms with van der Waals surface area (Å²) in [5.41, 5.74) is 5.36. The van der Waals surface area contributed by atoms with Crippen LogP contribution in [0, 0.1) is 0 Å². The third-order valence-electron chi connectivity index (χ3n) is 2.37. The second kappa shape index (κ2) is 6.68. The molecule has 4 nitrogen and oxygen atoms in total. The molecule has 17 heavy (non-hydrogen) atoms. The molecule has 1 N–H and O–H groups in total. The minimum Gasteiger partial charge on any atom is -0.465 e. The highest BCUT2D eigenvalue weighted by molar-refractivity contribution is 6.01. The lowest BCUT2D eigenvalue weighted by Crippen LogP contribution is -2.08. The largest absolute Gasteiger partial charge is 0.465 e. The average molecular weight is 234 g/mol. The molecular formula is C13H18N2O2. The normalized spacial score (nSPS) is 11.1. The van der Waals surface area contributed by atoms with Crippen molar-refractivity contribution in [2.75, 3.05) is 14.2 Å². The zero-order valence-electron chi connectivity index (χ0n) is 10.5. The van der Waals surface area contributed by atoms with Crippen LogP contribution in [0.2, 0.25) is 0 Å². The number of nitrogens with zero attached hydrogens (tertiary/aromatic N) is 1. The molecule has 4 heteroatoms. The molecule has 1 rings (SSSR count). The van der Waals surface area contributed by atoms with Crippen molar-refractivity contribution in [3.63, 3.8) is 0 Å². The van der Waals surface area contributed by atoms with E-state index in [4.69, 9.17) is 0 Å². The molecule has 0 saturated heterocycles. The number of benzene rings is 1. The molecule has 1 aromatic rings. The fourth-order valence-corrected chi connectivity index (χ4v) is 1.55. The van der Waals surface area contributed by atoms with Gasteiger partial charge in [-0.1, -0.05) is 25.5 Å². The quantitative estimate of drug-likeness (QED) is 0.482. The maximum absolute atomic E-state index is 11.3. The lowest BCUT2D eigenvalue weighted by Gasteiger charge is -2.06. The minimum atomic E-state index is -0.320. The van der Waals surface area contributed by atoms with Crippen molar-refractivity contribution >= 4 is 11.7 Å². The van der Waals surface area contributed by atoms with E-state index in [0.29, 0.717) is 5.56 Å². The van der Waals surface area contributed by atoms with E-state index in [1.807, 2.05) is 12.1 Å². The number of nitrogens with one attached hydrogen (secondary N) is 1. The van der Waals surface area contributed by atoms with Gasteiger partial charge in [0, 0.05) is 7.05 Å². The van der Waals surface area contributed by atoms with E-state index in [1.54, 1.807) is 19.2 Å². The maximum atomic E-state index is 11.3. The number of hydrogen-bond acceptors (Lipinski definition) is 4. The monoisotopic (exact) mass is 234 g/mol. The Morgan fingerprint density at radius 3 is 2.35 bits per heavy atom. The standard InChI is InChI=1S/C13H18N2O2/c1-4-5-12(15-14-2)10-6-8-11(9-7-10)13(16)17-3/h6-9,14H,4-5H2,1-3H3/b15-12+. The number of carbonyl (C=O) groups is 1. The Bertz CT molecular complexity index is 396. The number of carbonyl (C=O) groups excluding carboxylic acids is 1. The SMILES string of the molecule is CCC/C(=N\NC)c1ccc(C(=O)OC)cc1. The Morgan fingerprint density at radius 1 is 1.29 bits per heavy atom. The van der Waals surface area contributed by atoms with Crippen molar-refractivity contribution in [3.05, 3.63) is 35.4 Å². The Hall–Kier alpha value is -1.84. The van der Waals surface area contributed by atoms with Crippen LogP contribution in [0.1, 0.15) is 35.7 Å². The zero-order chi connectivity index (χ0) is 12.7. The molecule has 0 unspecified atom stereocenters. The Balaban J connectivity index is 2.92. The van der Waals surface area contributed by atoms with Crippen LogP contribution in [0.5, 0.6) is 0 Å². The highest BCUT2D eigenvalue weighted by Gasteiger charge is 2.07. The molecule has 0 aliphatic heterocycles. The van der Waals surface area contributed by atoms with Gasteiger partial charge in [-0.2, -0.15) is 5.10 Å². The van der Waals surface area contributed by atoms with Gasteiger partial charge in [0.15, 0.2) is 0 Å². The lowest BCUT2D eigenvalue weighted by molar-refractivity contribution is 0.0601. The van der Waals surface area contributed by atoms with Gasteiger partial charge in [0.05, 0.1) is 18.4 Å². The molecule has 0 spiro atoms. The first-order valence-corrected chi connectivity index (χ1v) is 5.65. The van der Waals surface area contributed by atoms with Crippen LogP contribution < -0.4 is 5.43 Å². The summed E-state index contributed by atoms with van der Waals surface area (Å²) in [4.78, 5) is 11.3. The van der Waals surface area contributed by atoms with Gasteiger partial charge >= 0.3 is 5.97 Å². The van der Waals surface area contributed by atoms with Gasteiger partial charge in [-0.25, -0.2) is 4.79 Å². The molecule has 0 radical (unpaired) electrons. The summed E-state index contributed by atoms with van der Waals surface area (Å²) < 4.78 is 4.65. The Morgan fingerprint density at radius 2 is 1.88 bits per heavy atom. The molecule has 0 aliphatic rings. The van der Waals surface area contributed by atoms with Crippen LogP contribution in [-0.2, 0) is 4.74 Å². The van der Waals surface area contributed by atoms with E-state index < -0.39 is 0 Å². The van der Waals surface area contributed by atoms with Gasteiger partial charge in [-0.15, -0.1) is 0 Å². The molecule has 0 amide bonds. The first kappa shape index (κ1) is 13.2.